The van der Waals surface area contributed by atoms with Gasteiger partial charge in [-0.15, -0.1) is 0 Å². The van der Waals surface area contributed by atoms with Gasteiger partial charge in [0.1, 0.15) is 6.10 Å². The molecule has 2 heterocycles. The van der Waals surface area contributed by atoms with Crippen molar-refractivity contribution in [3.8, 4) is 0 Å². The molecule has 0 radical (unpaired) electrons. The summed E-state index contributed by atoms with van der Waals surface area (Å²) < 4.78 is 6.78. The summed E-state index contributed by atoms with van der Waals surface area (Å²) in [5.74, 6) is 0. The monoisotopic (exact) mass is 396 g/mol. The molecule has 4 atom stereocenters. The number of benzene rings is 1. The third kappa shape index (κ3) is 3.23. The Labute approximate surface area is 145 Å². The molecule has 24 heavy (non-hydrogen) atoms. The zero-order valence-corrected chi connectivity index (χ0v) is 14.2. The lowest BCUT2D eigenvalue weighted by molar-refractivity contribution is -0.0457. The number of hydrogen-bond donors (Lipinski definition) is 3. The van der Waals surface area contributed by atoms with Gasteiger partial charge < -0.3 is 14.9 Å². The Balaban J connectivity index is 1.96. The number of aliphatic hydroxyl groups excluding tert-OH is 2. The second-order valence-electron chi connectivity index (χ2n) is 5.67. The molecule has 1 aliphatic heterocycles. The standard InChI is InChI=1S/C16H17BrN2O5/c17-12-13(21)11(8-20)24-15(12)19-7-10(14(22)18-16(19)23)6-9-4-2-1-3-5-9/h1-5,7,11-13,15,20-21H,6,8H2,(H,18,22,23)/t11-,12-,13-,15-/m1/s1. The van der Waals surface area contributed by atoms with Crippen LogP contribution in [0.3, 0.4) is 0 Å². The molecular weight excluding hydrogens is 380 g/mol. The highest BCUT2D eigenvalue weighted by Gasteiger charge is 2.43. The summed E-state index contributed by atoms with van der Waals surface area (Å²) in [7, 11) is 0. The van der Waals surface area contributed by atoms with E-state index in [1.165, 1.54) is 10.8 Å². The van der Waals surface area contributed by atoms with E-state index in [0.29, 0.717) is 12.0 Å². The Kier molecular flexibility index (Phi) is 5.00. The van der Waals surface area contributed by atoms with Crippen molar-refractivity contribution in [2.24, 2.45) is 0 Å². The van der Waals surface area contributed by atoms with E-state index in [9.17, 15) is 19.8 Å². The maximum atomic E-state index is 12.1. The first-order chi connectivity index (χ1) is 11.5. The van der Waals surface area contributed by atoms with Gasteiger partial charge in [0.2, 0.25) is 0 Å². The van der Waals surface area contributed by atoms with Crippen LogP contribution in [0.25, 0.3) is 0 Å². The average Bonchev–Trinajstić information content (AvgIpc) is 2.86. The fraction of sp³-hybridized carbons (Fsp3) is 0.375. The highest BCUT2D eigenvalue weighted by molar-refractivity contribution is 9.09. The van der Waals surface area contributed by atoms with E-state index < -0.39 is 34.5 Å². The van der Waals surface area contributed by atoms with Crippen LogP contribution in [0.2, 0.25) is 0 Å². The molecule has 0 spiro atoms. The normalized spacial score (nSPS) is 26.6. The van der Waals surface area contributed by atoms with Crippen molar-refractivity contribution in [1.29, 1.82) is 0 Å². The molecule has 8 heteroatoms. The summed E-state index contributed by atoms with van der Waals surface area (Å²) in [5.41, 5.74) is 0.260. The fourth-order valence-corrected chi connectivity index (χ4v) is 3.46. The number of H-pyrrole nitrogens is 1. The van der Waals surface area contributed by atoms with Gasteiger partial charge in [0.05, 0.1) is 17.5 Å². The zero-order chi connectivity index (χ0) is 17.3. The van der Waals surface area contributed by atoms with Crippen LogP contribution in [0.4, 0.5) is 0 Å². The van der Waals surface area contributed by atoms with E-state index in [1.54, 1.807) is 0 Å². The van der Waals surface area contributed by atoms with Crippen molar-refractivity contribution in [3.63, 3.8) is 0 Å². The molecule has 128 valence electrons. The van der Waals surface area contributed by atoms with Crippen molar-refractivity contribution >= 4 is 15.9 Å². The molecule has 2 aromatic rings. The lowest BCUT2D eigenvalue weighted by Gasteiger charge is -2.17. The van der Waals surface area contributed by atoms with Crippen LogP contribution in [0.5, 0.6) is 0 Å². The molecule has 0 unspecified atom stereocenters. The minimum absolute atomic E-state index is 0.363. The Morgan fingerprint density at radius 1 is 1.25 bits per heavy atom. The molecule has 3 N–H and O–H groups in total. The molecule has 0 bridgehead atoms. The van der Waals surface area contributed by atoms with E-state index >= 15 is 0 Å². The molecule has 0 amide bonds. The molecule has 1 aromatic heterocycles. The number of aromatic amines is 1. The van der Waals surface area contributed by atoms with E-state index in [0.717, 1.165) is 5.56 Å². The molecule has 1 saturated heterocycles. The summed E-state index contributed by atoms with van der Waals surface area (Å²) in [6, 6.07) is 9.40. The Morgan fingerprint density at radius 3 is 2.58 bits per heavy atom. The Bertz CT molecular complexity index is 819. The molecule has 1 fully saturated rings. The topological polar surface area (TPSA) is 105 Å². The van der Waals surface area contributed by atoms with E-state index in [1.807, 2.05) is 30.3 Å². The number of aromatic nitrogens is 2. The summed E-state index contributed by atoms with van der Waals surface area (Å²) in [6.45, 7) is -0.366. The van der Waals surface area contributed by atoms with Crippen LogP contribution < -0.4 is 11.2 Å². The number of nitrogens with zero attached hydrogens (tertiary/aromatic N) is 1. The lowest BCUT2D eigenvalue weighted by Crippen LogP contribution is -2.37. The van der Waals surface area contributed by atoms with E-state index in [4.69, 9.17) is 4.74 Å². The molecule has 0 aliphatic carbocycles. The highest BCUT2D eigenvalue weighted by atomic mass is 79.9. The van der Waals surface area contributed by atoms with Gasteiger partial charge in [-0.05, 0) is 5.56 Å². The highest BCUT2D eigenvalue weighted by Crippen LogP contribution is 2.33. The maximum absolute atomic E-state index is 12.1. The van der Waals surface area contributed by atoms with Gasteiger partial charge in [0.25, 0.3) is 5.56 Å². The van der Waals surface area contributed by atoms with Gasteiger partial charge >= 0.3 is 5.69 Å². The molecular formula is C16H17BrN2O5. The van der Waals surface area contributed by atoms with Crippen LogP contribution in [0.1, 0.15) is 17.4 Å². The molecule has 1 aromatic carbocycles. The van der Waals surface area contributed by atoms with Crippen molar-refractivity contribution < 1.29 is 14.9 Å². The first-order valence-corrected chi connectivity index (χ1v) is 8.39. The minimum atomic E-state index is -0.962. The van der Waals surface area contributed by atoms with Crippen LogP contribution >= 0.6 is 15.9 Å². The van der Waals surface area contributed by atoms with Crippen molar-refractivity contribution in [1.82, 2.24) is 9.55 Å². The van der Waals surface area contributed by atoms with Crippen LogP contribution in [0.15, 0.2) is 46.1 Å². The first-order valence-electron chi connectivity index (χ1n) is 7.48. The number of nitrogens with one attached hydrogen (secondary N) is 1. The third-order valence-electron chi connectivity index (χ3n) is 4.03. The molecule has 1 aliphatic rings. The van der Waals surface area contributed by atoms with Crippen molar-refractivity contribution in [2.45, 2.75) is 29.7 Å². The van der Waals surface area contributed by atoms with E-state index in [-0.39, 0.29) is 6.61 Å². The number of ether oxygens (including phenoxy) is 1. The van der Waals surface area contributed by atoms with Crippen LogP contribution in [0, 0.1) is 0 Å². The summed E-state index contributed by atoms with van der Waals surface area (Å²) in [6.07, 6.45) is -0.773. The Hall–Kier alpha value is -1.74. The largest absolute Gasteiger partial charge is 0.394 e. The number of hydrogen-bond acceptors (Lipinski definition) is 5. The molecule has 3 rings (SSSR count). The number of aliphatic hydroxyl groups is 2. The van der Waals surface area contributed by atoms with Gasteiger partial charge in [-0.3, -0.25) is 14.3 Å². The second-order valence-corrected chi connectivity index (χ2v) is 6.72. The number of rotatable bonds is 4. The van der Waals surface area contributed by atoms with Gasteiger partial charge in [0.15, 0.2) is 6.23 Å². The summed E-state index contributed by atoms with van der Waals surface area (Å²) in [4.78, 5) is 25.9. The number of alkyl halides is 1. The fourth-order valence-electron chi connectivity index (χ4n) is 2.74. The molecule has 7 nitrogen and oxygen atoms in total. The summed E-state index contributed by atoms with van der Waals surface area (Å²) >= 11 is 3.29. The van der Waals surface area contributed by atoms with Gasteiger partial charge in [-0.1, -0.05) is 46.3 Å². The van der Waals surface area contributed by atoms with Crippen LogP contribution in [-0.4, -0.2) is 43.4 Å². The van der Waals surface area contributed by atoms with Gasteiger partial charge in [0, 0.05) is 18.2 Å². The zero-order valence-electron chi connectivity index (χ0n) is 12.6. The SMILES string of the molecule is O=c1[nH]c(=O)n([C@@H]2O[C@H](CO)[C@@H](O)[C@H]2Br)cc1Cc1ccccc1. The van der Waals surface area contributed by atoms with Crippen molar-refractivity contribution in [3.05, 3.63) is 68.5 Å². The van der Waals surface area contributed by atoms with Gasteiger partial charge in [-0.25, -0.2) is 4.79 Å². The van der Waals surface area contributed by atoms with E-state index in [2.05, 4.69) is 20.9 Å². The quantitative estimate of drug-likeness (QED) is 0.637. The first kappa shape index (κ1) is 17.1. The average molecular weight is 397 g/mol. The van der Waals surface area contributed by atoms with Crippen molar-refractivity contribution in [2.75, 3.05) is 6.61 Å². The number of halogens is 1. The Morgan fingerprint density at radius 2 is 1.96 bits per heavy atom. The lowest BCUT2D eigenvalue weighted by atomic mass is 10.1. The predicted octanol–water partition coefficient (Wildman–Crippen LogP) is 0.142. The second kappa shape index (κ2) is 7.02. The minimum Gasteiger partial charge on any atom is -0.394 e. The van der Waals surface area contributed by atoms with Gasteiger partial charge in [-0.2, -0.15) is 0 Å². The van der Waals surface area contributed by atoms with Crippen LogP contribution in [-0.2, 0) is 11.2 Å². The smallest absolute Gasteiger partial charge is 0.330 e. The predicted molar refractivity (Wildman–Crippen MR) is 90.3 cm³/mol. The molecule has 0 saturated carbocycles. The summed E-state index contributed by atoms with van der Waals surface area (Å²) in [5, 5.41) is 19.3. The third-order valence-corrected chi connectivity index (χ3v) is 5.02. The maximum Gasteiger partial charge on any atom is 0.330 e.